The predicted molar refractivity (Wildman–Crippen MR) is 244 cm³/mol. The fourth-order valence-corrected chi connectivity index (χ4v) is 8.96. The van der Waals surface area contributed by atoms with Crippen molar-refractivity contribution in [3.8, 4) is 0 Å². The number of H-pyrrole nitrogens is 1. The number of piperazine rings is 1. The summed E-state index contributed by atoms with van der Waals surface area (Å²) in [4.78, 5) is 88.0. The average molecular weight is 934 g/mol. The molecule has 4 aliphatic rings. The van der Waals surface area contributed by atoms with E-state index in [0.717, 1.165) is 35.1 Å². The van der Waals surface area contributed by atoms with Gasteiger partial charge in [0.2, 0.25) is 17.7 Å². The highest BCUT2D eigenvalue weighted by Crippen LogP contribution is 2.33. The third-order valence-electron chi connectivity index (χ3n) is 12.5. The summed E-state index contributed by atoms with van der Waals surface area (Å²) in [6.07, 6.45) is 2.06. The van der Waals surface area contributed by atoms with Crippen LogP contribution in [0.4, 0.5) is 31.7 Å². The minimum atomic E-state index is -1.08. The van der Waals surface area contributed by atoms with Gasteiger partial charge in [-0.3, -0.25) is 54.4 Å². The maximum atomic E-state index is 14.0. The number of imide groups is 2. The van der Waals surface area contributed by atoms with Gasteiger partial charge >= 0.3 is 0 Å². The highest BCUT2D eigenvalue weighted by atomic mass is 19.1. The van der Waals surface area contributed by atoms with Gasteiger partial charge in [-0.15, -0.1) is 0 Å². The number of nitrogens with one attached hydrogen (secondary N) is 5. The first kappa shape index (κ1) is 45.8. The number of amides is 6. The number of aromatic amines is 1. The molecule has 1 atom stereocenters. The lowest BCUT2D eigenvalue weighted by molar-refractivity contribution is -0.136. The molecule has 5 heterocycles. The Balaban J connectivity index is 0.754. The maximum absolute atomic E-state index is 14.0. The Kier molecular flexibility index (Phi) is 13.7. The van der Waals surface area contributed by atoms with Crippen LogP contribution in [0.2, 0.25) is 0 Å². The van der Waals surface area contributed by atoms with Crippen LogP contribution in [0.3, 0.4) is 0 Å². The lowest BCUT2D eigenvalue weighted by Gasteiger charge is -2.36. The summed E-state index contributed by atoms with van der Waals surface area (Å²) < 4.78 is 39.0. The minimum Gasteiger partial charge on any atom is -0.381 e. The van der Waals surface area contributed by atoms with Gasteiger partial charge in [0.25, 0.3) is 17.7 Å². The van der Waals surface area contributed by atoms with E-state index >= 15 is 0 Å². The fraction of sp³-hybridized carbons (Fsp3) is 0.354. The first-order chi connectivity index (χ1) is 33.0. The zero-order valence-corrected chi connectivity index (χ0v) is 36.9. The molecular formula is C48H49F2N9O9. The van der Waals surface area contributed by atoms with Crippen molar-refractivity contribution >= 4 is 69.2 Å². The Morgan fingerprint density at radius 1 is 0.824 bits per heavy atom. The van der Waals surface area contributed by atoms with Crippen molar-refractivity contribution in [1.82, 2.24) is 25.3 Å². The van der Waals surface area contributed by atoms with Crippen molar-refractivity contribution in [2.45, 2.75) is 50.6 Å². The van der Waals surface area contributed by atoms with Gasteiger partial charge in [0.1, 0.15) is 17.7 Å². The van der Waals surface area contributed by atoms with Crippen LogP contribution in [0.1, 0.15) is 74.3 Å². The molecule has 0 spiro atoms. The van der Waals surface area contributed by atoms with Gasteiger partial charge < -0.3 is 29.9 Å². The number of carbonyl (C=O) groups is 6. The van der Waals surface area contributed by atoms with Crippen LogP contribution in [0, 0.1) is 11.6 Å². The lowest BCUT2D eigenvalue weighted by atomic mass is 10.0. The molecule has 4 aliphatic heterocycles. The van der Waals surface area contributed by atoms with Crippen LogP contribution in [0.25, 0.3) is 10.9 Å². The number of nitrogens with zero attached hydrogens (tertiary/aromatic N) is 4. The second-order valence-electron chi connectivity index (χ2n) is 17.0. The standard InChI is InChI=1S/C48H49F2N9O9/c49-30-23-29(24-31(50)26-30)22-28-4-7-37-36(25-28)44(55-54-37)53-45(62)34-6-5-33(27-39(34)51-32-10-17-66-18-11-32)57-13-15-58(16-14-57)42(61)12-19-67-20-21-68-56-38-3-1-2-35-43(38)48(65)59(47(35)64)40-8-9-41(60)52-46(40)63/h1-7,23-27,32,40,51,56H,8-22H2,(H,52,60,63)(H2,53,54,55,62). The van der Waals surface area contributed by atoms with Gasteiger partial charge in [-0.2, -0.15) is 5.10 Å². The van der Waals surface area contributed by atoms with Crippen molar-refractivity contribution in [2.24, 2.45) is 0 Å². The maximum Gasteiger partial charge on any atom is 0.264 e. The number of carbonyl (C=O) groups excluding carboxylic acids is 6. The molecule has 6 amide bonds. The number of ether oxygens (including phenoxy) is 2. The van der Waals surface area contributed by atoms with Crippen molar-refractivity contribution in [2.75, 3.05) is 80.2 Å². The summed E-state index contributed by atoms with van der Waals surface area (Å²) in [5.74, 6) is -3.84. The molecule has 1 aromatic heterocycles. The first-order valence-corrected chi connectivity index (χ1v) is 22.5. The Labute approximate surface area is 388 Å². The van der Waals surface area contributed by atoms with Gasteiger partial charge in [-0.25, -0.2) is 8.78 Å². The SMILES string of the molecule is O=C1CCC(N2C(=O)c3cccc(NOCCOCCC(=O)N4CCN(c5ccc(C(=O)Nc6n[nH]c7ccc(Cc8cc(F)cc(F)c8)cc67)c(NC6CCOCC6)c5)CC4)c3C2=O)C(=O)N1. The second-order valence-corrected chi connectivity index (χ2v) is 17.0. The van der Waals surface area contributed by atoms with Crippen molar-refractivity contribution in [3.63, 3.8) is 0 Å². The summed E-state index contributed by atoms with van der Waals surface area (Å²) in [7, 11) is 0. The van der Waals surface area contributed by atoms with E-state index in [1.807, 2.05) is 30.3 Å². The summed E-state index contributed by atoms with van der Waals surface area (Å²) in [6, 6.07) is 18.2. The molecule has 4 aromatic carbocycles. The first-order valence-electron chi connectivity index (χ1n) is 22.5. The molecule has 0 saturated carbocycles. The number of rotatable bonds is 16. The summed E-state index contributed by atoms with van der Waals surface area (Å²) in [6.45, 7) is 3.69. The molecule has 0 radical (unpaired) electrons. The van der Waals surface area contributed by atoms with Crippen molar-refractivity contribution in [1.29, 1.82) is 0 Å². The number of aromatic nitrogens is 2. The van der Waals surface area contributed by atoms with E-state index in [9.17, 15) is 37.5 Å². The molecule has 68 heavy (non-hydrogen) atoms. The molecule has 18 nitrogen and oxygen atoms in total. The van der Waals surface area contributed by atoms with Gasteiger partial charge in [0.05, 0.1) is 54.1 Å². The number of fused-ring (bicyclic) bond motifs is 2. The Morgan fingerprint density at radius 2 is 1.62 bits per heavy atom. The van der Waals surface area contributed by atoms with E-state index in [1.165, 1.54) is 18.2 Å². The van der Waals surface area contributed by atoms with E-state index in [2.05, 4.69) is 36.5 Å². The Hall–Kier alpha value is -7.29. The molecule has 1 unspecified atom stereocenters. The number of benzene rings is 4. The van der Waals surface area contributed by atoms with Gasteiger partial charge in [-0.1, -0.05) is 12.1 Å². The normalized spacial score (nSPS) is 17.7. The van der Waals surface area contributed by atoms with Gasteiger partial charge in [-0.05, 0) is 91.4 Å². The quantitative estimate of drug-likeness (QED) is 0.0513. The summed E-state index contributed by atoms with van der Waals surface area (Å²) >= 11 is 0. The average Bonchev–Trinajstić information content (AvgIpc) is 3.84. The zero-order chi connectivity index (χ0) is 47.3. The monoisotopic (exact) mass is 933 g/mol. The van der Waals surface area contributed by atoms with Crippen LogP contribution in [0.5, 0.6) is 0 Å². The summed E-state index contributed by atoms with van der Waals surface area (Å²) in [5.41, 5.74) is 7.06. The molecule has 9 rings (SSSR count). The number of anilines is 4. The highest BCUT2D eigenvalue weighted by Gasteiger charge is 2.45. The summed E-state index contributed by atoms with van der Waals surface area (Å²) in [5, 5.41) is 16.7. The number of halogens is 2. The molecule has 3 fully saturated rings. The molecule has 5 aromatic rings. The topological polar surface area (TPSA) is 217 Å². The molecule has 0 aliphatic carbocycles. The van der Waals surface area contributed by atoms with Crippen LogP contribution in [0.15, 0.2) is 72.8 Å². The third kappa shape index (κ3) is 10.2. The number of hydrogen-bond donors (Lipinski definition) is 5. The van der Waals surface area contributed by atoms with E-state index in [-0.39, 0.29) is 80.2 Å². The smallest absolute Gasteiger partial charge is 0.264 e. The highest BCUT2D eigenvalue weighted by molar-refractivity contribution is 6.25. The van der Waals surface area contributed by atoms with Crippen LogP contribution in [-0.4, -0.2) is 127 Å². The largest absolute Gasteiger partial charge is 0.381 e. The zero-order valence-electron chi connectivity index (χ0n) is 36.9. The van der Waals surface area contributed by atoms with Crippen molar-refractivity contribution < 1.29 is 51.9 Å². The predicted octanol–water partition coefficient (Wildman–Crippen LogP) is 4.78. The number of hydrogen-bond acceptors (Lipinski definition) is 13. The molecule has 20 heteroatoms. The molecule has 5 N–H and O–H groups in total. The van der Waals surface area contributed by atoms with E-state index in [1.54, 1.807) is 23.1 Å². The molecule has 0 bridgehead atoms. The van der Waals surface area contributed by atoms with Crippen LogP contribution >= 0.6 is 0 Å². The van der Waals surface area contributed by atoms with Gasteiger partial charge in [0.15, 0.2) is 5.82 Å². The minimum absolute atomic E-state index is 0.0173. The van der Waals surface area contributed by atoms with Crippen LogP contribution < -0.4 is 26.3 Å². The Morgan fingerprint density at radius 3 is 2.40 bits per heavy atom. The number of piperidine rings is 1. The van der Waals surface area contributed by atoms with Crippen LogP contribution in [-0.2, 0) is 35.1 Å². The van der Waals surface area contributed by atoms with E-state index < -0.39 is 41.3 Å². The van der Waals surface area contributed by atoms with Crippen molar-refractivity contribution in [3.05, 3.63) is 112 Å². The molecule has 3 saturated heterocycles. The third-order valence-corrected chi connectivity index (χ3v) is 12.5. The lowest BCUT2D eigenvalue weighted by Crippen LogP contribution is -2.54. The molecular weight excluding hydrogens is 885 g/mol. The van der Waals surface area contributed by atoms with Gasteiger partial charge in [0, 0.05) is 74.7 Å². The van der Waals surface area contributed by atoms with E-state index in [0.29, 0.717) is 72.9 Å². The second kappa shape index (κ2) is 20.3. The van der Waals surface area contributed by atoms with E-state index in [4.69, 9.17) is 14.3 Å². The fourth-order valence-electron chi connectivity index (χ4n) is 8.96. The Bertz CT molecular complexity index is 2750. The molecule has 354 valence electrons.